The Labute approximate surface area is 259 Å². The van der Waals surface area contributed by atoms with Crippen LogP contribution in [0.2, 0.25) is 0 Å². The lowest BCUT2D eigenvalue weighted by Crippen LogP contribution is -2.53. The highest BCUT2D eigenvalue weighted by Crippen LogP contribution is 2.33. The van der Waals surface area contributed by atoms with E-state index in [1.165, 1.54) is 16.7 Å². The van der Waals surface area contributed by atoms with Gasteiger partial charge in [0.2, 0.25) is 11.8 Å². The van der Waals surface area contributed by atoms with E-state index in [-0.39, 0.29) is 30.2 Å². The number of piperazine rings is 1. The number of likely N-dealkylation sites (tertiary alicyclic amines) is 1. The number of nitrogens with zero attached hydrogens (tertiary/aromatic N) is 4. The van der Waals surface area contributed by atoms with E-state index in [0.29, 0.717) is 24.6 Å². The number of fused-ring (bicyclic) bond motifs is 1. The topological polar surface area (TPSA) is 76.2 Å². The standard InChI is InChI=1S/C36H41N5O3/c42-33-15-14-32(35(43)37-33)41-25-31-28(12-7-13-30(31)36(41)44)24-38-18-16-29(17-19-38)39-20-22-40(23-21-39)34(26-8-3-1-4-9-26)27-10-5-2-6-11-27/h1-13,29,32,34H,14-25H2,(H,37,42,43). The second kappa shape index (κ2) is 12.6. The van der Waals surface area contributed by atoms with Crippen molar-refractivity contribution < 1.29 is 14.4 Å². The summed E-state index contributed by atoms with van der Waals surface area (Å²) in [4.78, 5) is 46.9. The van der Waals surface area contributed by atoms with Gasteiger partial charge in [0.25, 0.3) is 5.91 Å². The van der Waals surface area contributed by atoms with E-state index in [1.54, 1.807) is 4.90 Å². The number of carbonyl (C=O) groups excluding carboxylic acids is 3. The van der Waals surface area contributed by atoms with E-state index < -0.39 is 6.04 Å². The maximum atomic E-state index is 13.3. The van der Waals surface area contributed by atoms with Gasteiger partial charge in [0.1, 0.15) is 6.04 Å². The third kappa shape index (κ3) is 5.82. The molecule has 4 aliphatic rings. The summed E-state index contributed by atoms with van der Waals surface area (Å²) in [5, 5.41) is 2.40. The van der Waals surface area contributed by atoms with Crippen LogP contribution in [0.25, 0.3) is 0 Å². The molecule has 228 valence electrons. The van der Waals surface area contributed by atoms with Crippen molar-refractivity contribution in [3.05, 3.63) is 107 Å². The maximum absolute atomic E-state index is 13.3. The van der Waals surface area contributed by atoms with Gasteiger partial charge in [-0.3, -0.25) is 34.4 Å². The molecule has 0 spiro atoms. The van der Waals surface area contributed by atoms with E-state index in [9.17, 15) is 14.4 Å². The molecule has 4 aliphatic heterocycles. The Kier molecular flexibility index (Phi) is 8.30. The second-order valence-electron chi connectivity index (χ2n) is 12.6. The molecule has 3 aromatic rings. The summed E-state index contributed by atoms with van der Waals surface area (Å²) in [6.45, 7) is 7.62. The van der Waals surface area contributed by atoms with Crippen LogP contribution in [0.5, 0.6) is 0 Å². The number of carbonyl (C=O) groups is 3. The number of hydrogen-bond acceptors (Lipinski definition) is 6. The molecular weight excluding hydrogens is 550 g/mol. The molecule has 1 unspecified atom stereocenters. The minimum absolute atomic E-state index is 0.101. The fourth-order valence-corrected chi connectivity index (χ4v) is 7.73. The zero-order chi connectivity index (χ0) is 30.0. The lowest BCUT2D eigenvalue weighted by molar-refractivity contribution is -0.136. The van der Waals surface area contributed by atoms with Gasteiger partial charge < -0.3 is 4.90 Å². The summed E-state index contributed by atoms with van der Waals surface area (Å²) >= 11 is 0. The highest BCUT2D eigenvalue weighted by atomic mass is 16.2. The van der Waals surface area contributed by atoms with Gasteiger partial charge in [0.15, 0.2) is 0 Å². The molecule has 0 bridgehead atoms. The molecule has 3 amide bonds. The Bertz CT molecular complexity index is 1460. The zero-order valence-corrected chi connectivity index (χ0v) is 25.2. The summed E-state index contributed by atoms with van der Waals surface area (Å²) in [6.07, 6.45) is 2.96. The van der Waals surface area contributed by atoms with E-state index in [0.717, 1.165) is 64.2 Å². The normalized spacial score (nSPS) is 22.4. The molecule has 0 radical (unpaired) electrons. The molecule has 44 heavy (non-hydrogen) atoms. The van der Waals surface area contributed by atoms with Gasteiger partial charge >= 0.3 is 0 Å². The number of rotatable bonds is 7. The van der Waals surface area contributed by atoms with Crippen molar-refractivity contribution in [1.82, 2.24) is 24.9 Å². The first-order chi connectivity index (χ1) is 21.5. The van der Waals surface area contributed by atoms with Gasteiger partial charge in [-0.1, -0.05) is 72.8 Å². The first kappa shape index (κ1) is 28.9. The predicted molar refractivity (Wildman–Crippen MR) is 169 cm³/mol. The van der Waals surface area contributed by atoms with Gasteiger partial charge in [-0.2, -0.15) is 0 Å². The molecule has 3 fully saturated rings. The molecule has 3 saturated heterocycles. The van der Waals surface area contributed by atoms with Crippen LogP contribution in [0.3, 0.4) is 0 Å². The summed E-state index contributed by atoms with van der Waals surface area (Å²) in [6, 6.07) is 28.1. The number of benzene rings is 3. The fraction of sp³-hybridized carbons (Fsp3) is 0.417. The smallest absolute Gasteiger partial charge is 0.255 e. The summed E-state index contributed by atoms with van der Waals surface area (Å²) < 4.78 is 0. The molecule has 0 aromatic heterocycles. The Morgan fingerprint density at radius 1 is 0.727 bits per heavy atom. The fourth-order valence-electron chi connectivity index (χ4n) is 7.73. The van der Waals surface area contributed by atoms with Crippen molar-refractivity contribution in [3.63, 3.8) is 0 Å². The molecule has 1 atom stereocenters. The Hall–Kier alpha value is -3.85. The third-order valence-electron chi connectivity index (χ3n) is 10.1. The molecule has 0 aliphatic carbocycles. The molecule has 3 aromatic carbocycles. The van der Waals surface area contributed by atoms with Crippen LogP contribution in [0.15, 0.2) is 78.9 Å². The molecular formula is C36H41N5O3. The van der Waals surface area contributed by atoms with Crippen LogP contribution in [-0.2, 0) is 22.7 Å². The third-order valence-corrected chi connectivity index (χ3v) is 10.1. The molecule has 8 heteroatoms. The number of imide groups is 1. The van der Waals surface area contributed by atoms with Crippen LogP contribution >= 0.6 is 0 Å². The monoisotopic (exact) mass is 591 g/mol. The highest BCUT2D eigenvalue weighted by Gasteiger charge is 2.40. The van der Waals surface area contributed by atoms with Gasteiger partial charge in [-0.25, -0.2) is 0 Å². The van der Waals surface area contributed by atoms with Crippen LogP contribution in [0.4, 0.5) is 0 Å². The summed E-state index contributed by atoms with van der Waals surface area (Å²) in [5.74, 6) is -0.719. The van der Waals surface area contributed by atoms with Gasteiger partial charge in [0, 0.05) is 57.3 Å². The zero-order valence-electron chi connectivity index (χ0n) is 25.2. The van der Waals surface area contributed by atoms with Crippen molar-refractivity contribution in [2.75, 3.05) is 39.3 Å². The Balaban J connectivity index is 0.945. The largest absolute Gasteiger partial charge is 0.322 e. The van der Waals surface area contributed by atoms with Crippen LogP contribution in [0.1, 0.15) is 64.3 Å². The SMILES string of the molecule is O=C1CCC(N2Cc3c(CN4CCC(N5CCN(C(c6ccccc6)c6ccccc6)CC5)CC4)cccc3C2=O)C(=O)N1. The number of piperidine rings is 2. The first-order valence-corrected chi connectivity index (χ1v) is 16.1. The van der Waals surface area contributed by atoms with Gasteiger partial charge in [-0.15, -0.1) is 0 Å². The van der Waals surface area contributed by atoms with Crippen LogP contribution < -0.4 is 5.32 Å². The lowest BCUT2D eigenvalue weighted by Gasteiger charge is -2.45. The molecule has 1 N–H and O–H groups in total. The quantitative estimate of drug-likeness (QED) is 0.421. The number of hydrogen-bond donors (Lipinski definition) is 1. The maximum Gasteiger partial charge on any atom is 0.255 e. The van der Waals surface area contributed by atoms with Crippen molar-refractivity contribution >= 4 is 17.7 Å². The van der Waals surface area contributed by atoms with Crippen LogP contribution in [0, 0.1) is 0 Å². The van der Waals surface area contributed by atoms with Crippen molar-refractivity contribution in [3.8, 4) is 0 Å². The van der Waals surface area contributed by atoms with Crippen molar-refractivity contribution in [2.24, 2.45) is 0 Å². The lowest BCUT2D eigenvalue weighted by atomic mass is 9.95. The van der Waals surface area contributed by atoms with E-state index in [1.807, 2.05) is 12.1 Å². The van der Waals surface area contributed by atoms with E-state index in [4.69, 9.17) is 0 Å². The Morgan fingerprint density at radius 2 is 1.39 bits per heavy atom. The average molecular weight is 592 g/mol. The summed E-state index contributed by atoms with van der Waals surface area (Å²) in [7, 11) is 0. The predicted octanol–water partition coefficient (Wildman–Crippen LogP) is 3.82. The van der Waals surface area contributed by atoms with Crippen LogP contribution in [-0.4, -0.2) is 88.7 Å². The van der Waals surface area contributed by atoms with Gasteiger partial charge in [-0.05, 0) is 60.7 Å². The Morgan fingerprint density at radius 3 is 2.02 bits per heavy atom. The number of amides is 3. The molecule has 4 heterocycles. The number of nitrogens with one attached hydrogen (secondary N) is 1. The van der Waals surface area contributed by atoms with E-state index in [2.05, 4.69) is 86.7 Å². The average Bonchev–Trinajstić information content (AvgIpc) is 3.40. The minimum atomic E-state index is -0.577. The van der Waals surface area contributed by atoms with E-state index >= 15 is 0 Å². The first-order valence-electron chi connectivity index (χ1n) is 16.1. The highest BCUT2D eigenvalue weighted by molar-refractivity contribution is 6.05. The minimum Gasteiger partial charge on any atom is -0.322 e. The van der Waals surface area contributed by atoms with Crippen molar-refractivity contribution in [2.45, 2.75) is 56.9 Å². The molecule has 7 rings (SSSR count). The molecule has 0 saturated carbocycles. The molecule has 8 nitrogen and oxygen atoms in total. The van der Waals surface area contributed by atoms with Crippen molar-refractivity contribution in [1.29, 1.82) is 0 Å². The summed E-state index contributed by atoms with van der Waals surface area (Å²) in [5.41, 5.74) is 5.62. The second-order valence-corrected chi connectivity index (χ2v) is 12.6. The van der Waals surface area contributed by atoms with Gasteiger partial charge in [0.05, 0.1) is 6.04 Å².